The number of piperidine rings is 1. The van der Waals surface area contributed by atoms with Crippen LogP contribution in [-0.4, -0.2) is 55.3 Å². The predicted molar refractivity (Wildman–Crippen MR) is 95.2 cm³/mol. The Morgan fingerprint density at radius 1 is 1.31 bits per heavy atom. The molecule has 8 heteroatoms. The molecule has 4 heterocycles. The molecule has 8 nitrogen and oxygen atoms in total. The SMILES string of the molecule is Cc1nc2ccc(OCC3CCN(C(=O)c4cn[nH]c4)CC3)nn2c1C. The molecule has 26 heavy (non-hydrogen) atoms. The van der Waals surface area contributed by atoms with Gasteiger partial charge in [0.2, 0.25) is 5.88 Å². The van der Waals surface area contributed by atoms with Gasteiger partial charge in [0.05, 0.1) is 29.8 Å². The summed E-state index contributed by atoms with van der Waals surface area (Å²) >= 11 is 0. The summed E-state index contributed by atoms with van der Waals surface area (Å²) < 4.78 is 7.72. The van der Waals surface area contributed by atoms with Gasteiger partial charge in [-0.3, -0.25) is 9.89 Å². The average Bonchev–Trinajstić information content (AvgIpc) is 3.29. The summed E-state index contributed by atoms with van der Waals surface area (Å²) in [5.74, 6) is 1.07. The van der Waals surface area contributed by atoms with Crippen molar-refractivity contribution in [2.75, 3.05) is 19.7 Å². The van der Waals surface area contributed by atoms with Gasteiger partial charge in [0, 0.05) is 25.4 Å². The Kier molecular flexibility index (Phi) is 4.32. The van der Waals surface area contributed by atoms with Crippen molar-refractivity contribution in [3.8, 4) is 5.88 Å². The van der Waals surface area contributed by atoms with Crippen molar-refractivity contribution in [1.82, 2.24) is 29.7 Å². The molecule has 0 unspecified atom stereocenters. The van der Waals surface area contributed by atoms with E-state index in [9.17, 15) is 4.79 Å². The van der Waals surface area contributed by atoms with Crippen LogP contribution < -0.4 is 4.74 Å². The first-order valence-electron chi connectivity index (χ1n) is 8.85. The minimum Gasteiger partial charge on any atom is -0.476 e. The molecule has 1 N–H and O–H groups in total. The molecule has 0 bridgehead atoms. The molecule has 1 fully saturated rings. The number of hydrogen-bond donors (Lipinski definition) is 1. The number of aryl methyl sites for hydroxylation is 2. The fourth-order valence-electron chi connectivity index (χ4n) is 3.27. The fourth-order valence-corrected chi connectivity index (χ4v) is 3.27. The van der Waals surface area contributed by atoms with E-state index < -0.39 is 0 Å². The molecule has 0 atom stereocenters. The molecule has 0 aliphatic carbocycles. The monoisotopic (exact) mass is 354 g/mol. The molecule has 4 rings (SSSR count). The van der Waals surface area contributed by atoms with Crippen LogP contribution in [0.15, 0.2) is 24.5 Å². The van der Waals surface area contributed by atoms with Gasteiger partial charge in [-0.15, -0.1) is 5.10 Å². The number of aromatic amines is 1. The zero-order valence-electron chi connectivity index (χ0n) is 15.0. The van der Waals surface area contributed by atoms with Crippen molar-refractivity contribution in [3.05, 3.63) is 41.5 Å². The standard InChI is InChI=1S/C18H22N6O2/c1-12-13(2)24-16(21-12)3-4-17(22-24)26-11-14-5-7-23(8-6-14)18(25)15-9-19-20-10-15/h3-4,9-10,14H,5-8,11H2,1-2H3,(H,19,20). The van der Waals surface area contributed by atoms with E-state index in [4.69, 9.17) is 4.74 Å². The summed E-state index contributed by atoms with van der Waals surface area (Å²) in [6, 6.07) is 3.79. The molecule has 1 amide bonds. The van der Waals surface area contributed by atoms with E-state index in [0.29, 0.717) is 24.0 Å². The third-order valence-electron chi connectivity index (χ3n) is 5.03. The van der Waals surface area contributed by atoms with Crippen molar-refractivity contribution >= 4 is 11.6 Å². The van der Waals surface area contributed by atoms with Crippen LogP contribution in [-0.2, 0) is 0 Å². The lowest BCUT2D eigenvalue weighted by Crippen LogP contribution is -2.39. The minimum atomic E-state index is 0.0381. The Labute approximate surface area is 151 Å². The second kappa shape index (κ2) is 6.78. The second-order valence-corrected chi connectivity index (χ2v) is 6.76. The van der Waals surface area contributed by atoms with Crippen molar-refractivity contribution in [1.29, 1.82) is 0 Å². The summed E-state index contributed by atoms with van der Waals surface area (Å²) in [5.41, 5.74) is 3.45. The van der Waals surface area contributed by atoms with Gasteiger partial charge in [-0.05, 0) is 38.7 Å². The highest BCUT2D eigenvalue weighted by Crippen LogP contribution is 2.20. The van der Waals surface area contributed by atoms with Gasteiger partial charge in [0.15, 0.2) is 5.65 Å². The molecule has 3 aromatic heterocycles. The molecule has 0 saturated carbocycles. The smallest absolute Gasteiger partial charge is 0.257 e. The molecular formula is C18H22N6O2. The van der Waals surface area contributed by atoms with Crippen LogP contribution in [0.25, 0.3) is 5.65 Å². The lowest BCUT2D eigenvalue weighted by atomic mass is 9.97. The number of nitrogens with one attached hydrogen (secondary N) is 1. The zero-order valence-corrected chi connectivity index (χ0v) is 15.0. The van der Waals surface area contributed by atoms with Crippen LogP contribution in [0.3, 0.4) is 0 Å². The first-order valence-corrected chi connectivity index (χ1v) is 8.85. The quantitative estimate of drug-likeness (QED) is 0.774. The zero-order chi connectivity index (χ0) is 18.1. The van der Waals surface area contributed by atoms with Gasteiger partial charge >= 0.3 is 0 Å². The van der Waals surface area contributed by atoms with Crippen LogP contribution >= 0.6 is 0 Å². The Balaban J connectivity index is 1.32. The number of ether oxygens (including phenoxy) is 1. The first-order chi connectivity index (χ1) is 12.6. The molecule has 0 aromatic carbocycles. The van der Waals surface area contributed by atoms with E-state index in [-0.39, 0.29) is 5.91 Å². The Bertz CT molecular complexity index is 909. The Morgan fingerprint density at radius 2 is 2.12 bits per heavy atom. The Hall–Kier alpha value is -2.90. The van der Waals surface area contributed by atoms with Crippen LogP contribution in [0, 0.1) is 19.8 Å². The van der Waals surface area contributed by atoms with Gasteiger partial charge in [-0.2, -0.15) is 5.10 Å². The van der Waals surface area contributed by atoms with Crippen molar-refractivity contribution in [2.24, 2.45) is 5.92 Å². The fraction of sp³-hybridized carbons (Fsp3) is 0.444. The van der Waals surface area contributed by atoms with Crippen LogP contribution in [0.2, 0.25) is 0 Å². The minimum absolute atomic E-state index is 0.0381. The molecule has 0 radical (unpaired) electrons. The average molecular weight is 354 g/mol. The van der Waals surface area contributed by atoms with E-state index in [1.807, 2.05) is 35.4 Å². The number of rotatable bonds is 4. The van der Waals surface area contributed by atoms with Crippen LogP contribution in [0.4, 0.5) is 0 Å². The lowest BCUT2D eigenvalue weighted by molar-refractivity contribution is 0.0659. The first kappa shape index (κ1) is 16.6. The van der Waals surface area contributed by atoms with Crippen LogP contribution in [0.1, 0.15) is 34.6 Å². The number of aromatic nitrogens is 5. The van der Waals surface area contributed by atoms with Gasteiger partial charge in [-0.25, -0.2) is 9.50 Å². The highest BCUT2D eigenvalue weighted by Gasteiger charge is 2.24. The largest absolute Gasteiger partial charge is 0.476 e. The summed E-state index contributed by atoms with van der Waals surface area (Å²) in [7, 11) is 0. The van der Waals surface area contributed by atoms with Crippen molar-refractivity contribution in [2.45, 2.75) is 26.7 Å². The molecule has 136 valence electrons. The second-order valence-electron chi connectivity index (χ2n) is 6.76. The lowest BCUT2D eigenvalue weighted by Gasteiger charge is -2.31. The summed E-state index contributed by atoms with van der Waals surface area (Å²) in [6.07, 6.45) is 5.06. The number of hydrogen-bond acceptors (Lipinski definition) is 5. The van der Waals surface area contributed by atoms with Gasteiger partial charge in [0.25, 0.3) is 5.91 Å². The summed E-state index contributed by atoms with van der Waals surface area (Å²) in [5, 5.41) is 11.0. The third-order valence-corrected chi connectivity index (χ3v) is 5.03. The number of H-pyrrole nitrogens is 1. The van der Waals surface area contributed by atoms with Gasteiger partial charge < -0.3 is 9.64 Å². The van der Waals surface area contributed by atoms with E-state index in [1.165, 1.54) is 0 Å². The van der Waals surface area contributed by atoms with E-state index in [0.717, 1.165) is 43.0 Å². The molecule has 1 aliphatic rings. The molecule has 3 aromatic rings. The molecule has 1 saturated heterocycles. The molecular weight excluding hydrogens is 332 g/mol. The molecule has 0 spiro atoms. The maximum atomic E-state index is 12.3. The highest BCUT2D eigenvalue weighted by atomic mass is 16.5. The topological polar surface area (TPSA) is 88.4 Å². The third kappa shape index (κ3) is 3.14. The number of fused-ring (bicyclic) bond motifs is 1. The number of imidazole rings is 1. The van der Waals surface area contributed by atoms with E-state index in [1.54, 1.807) is 12.4 Å². The predicted octanol–water partition coefficient (Wildman–Crippen LogP) is 2.00. The van der Waals surface area contributed by atoms with Crippen LogP contribution in [0.5, 0.6) is 5.88 Å². The van der Waals surface area contributed by atoms with E-state index in [2.05, 4.69) is 20.3 Å². The summed E-state index contributed by atoms with van der Waals surface area (Å²) in [6.45, 7) is 6.07. The summed E-state index contributed by atoms with van der Waals surface area (Å²) in [4.78, 5) is 18.6. The maximum Gasteiger partial charge on any atom is 0.257 e. The number of likely N-dealkylation sites (tertiary alicyclic amines) is 1. The van der Waals surface area contributed by atoms with Gasteiger partial charge in [-0.1, -0.05) is 0 Å². The Morgan fingerprint density at radius 3 is 2.85 bits per heavy atom. The van der Waals surface area contributed by atoms with E-state index >= 15 is 0 Å². The highest BCUT2D eigenvalue weighted by molar-refractivity contribution is 5.93. The van der Waals surface area contributed by atoms with Crippen molar-refractivity contribution < 1.29 is 9.53 Å². The molecule has 1 aliphatic heterocycles. The maximum absolute atomic E-state index is 12.3. The number of carbonyl (C=O) groups is 1. The normalized spacial score (nSPS) is 15.5. The van der Waals surface area contributed by atoms with Gasteiger partial charge in [0.1, 0.15) is 0 Å². The number of nitrogens with zero attached hydrogens (tertiary/aromatic N) is 5. The number of carbonyl (C=O) groups excluding carboxylic acids is 1. The number of amides is 1. The van der Waals surface area contributed by atoms with Crippen molar-refractivity contribution in [3.63, 3.8) is 0 Å².